The van der Waals surface area contributed by atoms with E-state index in [0.717, 1.165) is 6.07 Å². The average Bonchev–Trinajstić information content (AvgIpc) is 2.49. The van der Waals surface area contributed by atoms with E-state index in [0.29, 0.717) is 11.0 Å². The standard InChI is InChI=1S/C16H23BrFN3O2.ClH/c1-10(2)16(3,9-19)21-14(22)6-7-20-15(23)12-8-11(18)4-5-13(12)17;/h4-5,8,10H,6-7,9,19H2,1-3H3,(H,20,23)(H,21,22);1H. The Balaban J connectivity index is 0.00000529. The number of benzene rings is 1. The molecule has 1 atom stereocenters. The Kier molecular flexibility index (Phi) is 9.47. The number of hydrogen-bond donors (Lipinski definition) is 3. The number of carbonyl (C=O) groups excluding carboxylic acids is 2. The fraction of sp³-hybridized carbons (Fsp3) is 0.500. The van der Waals surface area contributed by atoms with Crippen molar-refractivity contribution in [1.29, 1.82) is 0 Å². The number of amides is 2. The van der Waals surface area contributed by atoms with Gasteiger partial charge in [0.25, 0.3) is 5.91 Å². The molecule has 8 heteroatoms. The summed E-state index contributed by atoms with van der Waals surface area (Å²) in [6.07, 6.45) is 0.126. The van der Waals surface area contributed by atoms with Gasteiger partial charge >= 0.3 is 0 Å². The van der Waals surface area contributed by atoms with Crippen LogP contribution in [0.15, 0.2) is 22.7 Å². The zero-order chi connectivity index (χ0) is 17.6. The Bertz CT molecular complexity index is 586. The third-order valence-electron chi connectivity index (χ3n) is 3.93. The van der Waals surface area contributed by atoms with Gasteiger partial charge in [-0.3, -0.25) is 9.59 Å². The molecule has 0 radical (unpaired) electrons. The third kappa shape index (κ3) is 6.37. The van der Waals surface area contributed by atoms with Crippen LogP contribution in [-0.4, -0.2) is 30.4 Å². The molecule has 0 aromatic heterocycles. The molecule has 136 valence electrons. The molecule has 5 nitrogen and oxygen atoms in total. The summed E-state index contributed by atoms with van der Waals surface area (Å²) in [6.45, 7) is 6.34. The van der Waals surface area contributed by atoms with Gasteiger partial charge in [0.2, 0.25) is 5.91 Å². The molecule has 0 aliphatic rings. The lowest BCUT2D eigenvalue weighted by Crippen LogP contribution is -2.55. The van der Waals surface area contributed by atoms with Gasteiger partial charge in [-0.2, -0.15) is 0 Å². The van der Waals surface area contributed by atoms with E-state index in [-0.39, 0.29) is 42.8 Å². The molecule has 0 bridgehead atoms. The summed E-state index contributed by atoms with van der Waals surface area (Å²) in [5.41, 5.74) is 5.43. The van der Waals surface area contributed by atoms with E-state index in [1.165, 1.54) is 12.1 Å². The summed E-state index contributed by atoms with van der Waals surface area (Å²) in [4.78, 5) is 24.0. The number of nitrogens with one attached hydrogen (secondary N) is 2. The summed E-state index contributed by atoms with van der Waals surface area (Å²) in [5.74, 6) is -0.930. The number of nitrogens with two attached hydrogens (primary N) is 1. The molecular formula is C16H24BrClFN3O2. The topological polar surface area (TPSA) is 84.2 Å². The maximum Gasteiger partial charge on any atom is 0.252 e. The molecule has 1 rings (SSSR count). The molecular weight excluding hydrogens is 401 g/mol. The molecule has 2 amide bonds. The maximum absolute atomic E-state index is 13.2. The molecule has 0 aliphatic heterocycles. The van der Waals surface area contributed by atoms with Crippen LogP contribution in [0.4, 0.5) is 4.39 Å². The van der Waals surface area contributed by atoms with Gasteiger partial charge in [-0.05, 0) is 47.0 Å². The van der Waals surface area contributed by atoms with Crippen LogP contribution in [0.25, 0.3) is 0 Å². The minimum atomic E-state index is -0.494. The molecule has 0 fully saturated rings. The van der Waals surface area contributed by atoms with Gasteiger partial charge in [0.15, 0.2) is 0 Å². The lowest BCUT2D eigenvalue weighted by atomic mass is 9.88. The largest absolute Gasteiger partial charge is 0.351 e. The van der Waals surface area contributed by atoms with E-state index in [4.69, 9.17) is 5.73 Å². The van der Waals surface area contributed by atoms with E-state index in [1.807, 2.05) is 20.8 Å². The molecule has 0 spiro atoms. The fourth-order valence-corrected chi connectivity index (χ4v) is 2.30. The van der Waals surface area contributed by atoms with E-state index < -0.39 is 17.3 Å². The van der Waals surface area contributed by atoms with Crippen LogP contribution in [0.5, 0.6) is 0 Å². The second-order valence-electron chi connectivity index (χ2n) is 5.95. The zero-order valence-corrected chi connectivity index (χ0v) is 16.4. The minimum absolute atomic E-state index is 0. The lowest BCUT2D eigenvalue weighted by Gasteiger charge is -2.33. The Morgan fingerprint density at radius 3 is 2.54 bits per heavy atom. The first kappa shape index (κ1) is 22.8. The van der Waals surface area contributed by atoms with Crippen LogP contribution in [0.1, 0.15) is 37.6 Å². The van der Waals surface area contributed by atoms with Crippen molar-refractivity contribution < 1.29 is 14.0 Å². The van der Waals surface area contributed by atoms with E-state index in [9.17, 15) is 14.0 Å². The number of hydrogen-bond acceptors (Lipinski definition) is 3. The lowest BCUT2D eigenvalue weighted by molar-refractivity contribution is -0.123. The Labute approximate surface area is 156 Å². The first-order chi connectivity index (χ1) is 10.7. The minimum Gasteiger partial charge on any atom is -0.351 e. The summed E-state index contributed by atoms with van der Waals surface area (Å²) >= 11 is 3.20. The van der Waals surface area contributed by atoms with Crippen LogP contribution in [-0.2, 0) is 4.79 Å². The van der Waals surface area contributed by atoms with E-state index in [1.54, 1.807) is 0 Å². The predicted molar refractivity (Wildman–Crippen MR) is 98.7 cm³/mol. The molecule has 0 aliphatic carbocycles. The first-order valence-electron chi connectivity index (χ1n) is 7.44. The van der Waals surface area contributed by atoms with Crippen LogP contribution >= 0.6 is 28.3 Å². The van der Waals surface area contributed by atoms with Crippen molar-refractivity contribution in [3.8, 4) is 0 Å². The highest BCUT2D eigenvalue weighted by molar-refractivity contribution is 9.10. The Morgan fingerprint density at radius 1 is 1.38 bits per heavy atom. The molecule has 0 heterocycles. The molecule has 1 aromatic carbocycles. The van der Waals surface area contributed by atoms with Crippen molar-refractivity contribution in [1.82, 2.24) is 10.6 Å². The smallest absolute Gasteiger partial charge is 0.252 e. The van der Waals surface area contributed by atoms with Crippen molar-refractivity contribution in [2.75, 3.05) is 13.1 Å². The van der Waals surface area contributed by atoms with Crippen molar-refractivity contribution >= 4 is 40.2 Å². The van der Waals surface area contributed by atoms with Crippen LogP contribution in [0, 0.1) is 11.7 Å². The van der Waals surface area contributed by atoms with Gasteiger partial charge in [0, 0.05) is 24.0 Å². The van der Waals surface area contributed by atoms with E-state index >= 15 is 0 Å². The van der Waals surface area contributed by atoms with Crippen molar-refractivity contribution in [2.45, 2.75) is 32.7 Å². The van der Waals surface area contributed by atoms with Gasteiger partial charge in [-0.1, -0.05) is 13.8 Å². The molecule has 0 saturated heterocycles. The highest BCUT2D eigenvalue weighted by atomic mass is 79.9. The number of halogens is 3. The van der Waals surface area contributed by atoms with Crippen LogP contribution in [0.2, 0.25) is 0 Å². The predicted octanol–water partition coefficient (Wildman–Crippen LogP) is 2.62. The van der Waals surface area contributed by atoms with Gasteiger partial charge in [-0.25, -0.2) is 4.39 Å². The van der Waals surface area contributed by atoms with Gasteiger partial charge in [0.1, 0.15) is 5.82 Å². The first-order valence-corrected chi connectivity index (χ1v) is 8.23. The molecule has 24 heavy (non-hydrogen) atoms. The second kappa shape index (κ2) is 9.96. The molecule has 0 saturated carbocycles. The normalized spacial score (nSPS) is 13.0. The number of carbonyl (C=O) groups is 2. The summed E-state index contributed by atoms with van der Waals surface area (Å²) in [5, 5.41) is 5.50. The second-order valence-corrected chi connectivity index (χ2v) is 6.81. The number of rotatable bonds is 7. The van der Waals surface area contributed by atoms with Gasteiger partial charge in [0.05, 0.1) is 11.1 Å². The average molecular weight is 425 g/mol. The van der Waals surface area contributed by atoms with Crippen LogP contribution in [0.3, 0.4) is 0 Å². The summed E-state index contributed by atoms with van der Waals surface area (Å²) in [7, 11) is 0. The Morgan fingerprint density at radius 2 is 2.00 bits per heavy atom. The van der Waals surface area contributed by atoms with Crippen molar-refractivity contribution in [3.05, 3.63) is 34.1 Å². The fourth-order valence-electron chi connectivity index (χ4n) is 1.87. The van der Waals surface area contributed by atoms with Crippen molar-refractivity contribution in [2.24, 2.45) is 11.7 Å². The SMILES string of the molecule is CC(C)C(C)(CN)NC(=O)CCNC(=O)c1cc(F)ccc1Br.Cl. The van der Waals surface area contributed by atoms with Gasteiger partial charge < -0.3 is 16.4 Å². The Hall–Kier alpha value is -1.18. The highest BCUT2D eigenvalue weighted by Crippen LogP contribution is 2.17. The summed E-state index contributed by atoms with van der Waals surface area (Å²) in [6, 6.07) is 3.86. The zero-order valence-electron chi connectivity index (χ0n) is 14.0. The highest BCUT2D eigenvalue weighted by Gasteiger charge is 2.28. The summed E-state index contributed by atoms with van der Waals surface area (Å²) < 4.78 is 13.7. The molecule has 1 aromatic rings. The van der Waals surface area contributed by atoms with Crippen LogP contribution < -0.4 is 16.4 Å². The van der Waals surface area contributed by atoms with Gasteiger partial charge in [-0.15, -0.1) is 12.4 Å². The van der Waals surface area contributed by atoms with E-state index in [2.05, 4.69) is 26.6 Å². The molecule has 4 N–H and O–H groups in total. The molecule has 1 unspecified atom stereocenters. The quantitative estimate of drug-likeness (QED) is 0.629. The monoisotopic (exact) mass is 423 g/mol. The van der Waals surface area contributed by atoms with Crippen molar-refractivity contribution in [3.63, 3.8) is 0 Å². The third-order valence-corrected chi connectivity index (χ3v) is 4.63. The maximum atomic E-state index is 13.2.